The zero-order valence-electron chi connectivity index (χ0n) is 11.2. The van der Waals surface area contributed by atoms with Crippen LogP contribution in [0.5, 0.6) is 5.75 Å². The van der Waals surface area contributed by atoms with Crippen molar-refractivity contribution in [2.24, 2.45) is 0 Å². The van der Waals surface area contributed by atoms with Gasteiger partial charge in [0, 0.05) is 5.39 Å². The molecule has 0 saturated heterocycles. The number of ether oxygens (including phenoxy) is 2. The smallest absolute Gasteiger partial charge is 0.127 e. The normalized spacial score (nSPS) is 12.9. The summed E-state index contributed by atoms with van der Waals surface area (Å²) in [6.45, 7) is 6.68. The first kappa shape index (κ1) is 12.9. The molecule has 96 valence electrons. The Balaban J connectivity index is 2.08. The molecule has 0 N–H and O–H groups in total. The number of rotatable bonds is 5. The minimum absolute atomic E-state index is 0.101. The molecule has 2 heteroatoms. The molecule has 2 aromatic rings. The van der Waals surface area contributed by atoms with Crippen molar-refractivity contribution in [1.29, 1.82) is 0 Å². The molecule has 1 unspecified atom stereocenters. The Morgan fingerprint density at radius 3 is 2.44 bits per heavy atom. The fourth-order valence-corrected chi connectivity index (χ4v) is 2.03. The first-order valence-corrected chi connectivity index (χ1v) is 6.43. The lowest BCUT2D eigenvalue weighted by Gasteiger charge is -2.17. The van der Waals surface area contributed by atoms with E-state index in [2.05, 4.69) is 18.2 Å². The highest BCUT2D eigenvalue weighted by Gasteiger charge is 2.07. The van der Waals surface area contributed by atoms with Gasteiger partial charge in [-0.1, -0.05) is 36.4 Å². The summed E-state index contributed by atoms with van der Waals surface area (Å²) >= 11 is 0. The molecule has 0 aliphatic heterocycles. The molecule has 18 heavy (non-hydrogen) atoms. The molecule has 0 aromatic heterocycles. The maximum absolute atomic E-state index is 5.86. The summed E-state index contributed by atoms with van der Waals surface area (Å²) in [5.74, 6) is 0.923. The molecular weight excluding hydrogens is 224 g/mol. The number of hydrogen-bond donors (Lipinski definition) is 0. The van der Waals surface area contributed by atoms with Gasteiger partial charge >= 0.3 is 0 Å². The third-order valence-corrected chi connectivity index (χ3v) is 2.73. The van der Waals surface area contributed by atoms with E-state index < -0.39 is 0 Å². The van der Waals surface area contributed by atoms with Gasteiger partial charge in [0.1, 0.15) is 12.4 Å². The average Bonchev–Trinajstić information content (AvgIpc) is 2.35. The van der Waals surface area contributed by atoms with Crippen molar-refractivity contribution >= 4 is 10.8 Å². The Hall–Kier alpha value is -1.54. The molecule has 0 fully saturated rings. The quantitative estimate of drug-likeness (QED) is 0.790. The van der Waals surface area contributed by atoms with Crippen LogP contribution in [-0.2, 0) is 4.74 Å². The van der Waals surface area contributed by atoms with E-state index in [0.717, 1.165) is 11.1 Å². The van der Waals surface area contributed by atoms with E-state index in [0.29, 0.717) is 6.61 Å². The fraction of sp³-hybridized carbons (Fsp3) is 0.375. The van der Waals surface area contributed by atoms with E-state index in [-0.39, 0.29) is 12.2 Å². The second kappa shape index (κ2) is 5.87. The van der Waals surface area contributed by atoms with Gasteiger partial charge in [-0.25, -0.2) is 0 Å². The minimum atomic E-state index is 0.101. The van der Waals surface area contributed by atoms with Crippen molar-refractivity contribution in [2.75, 3.05) is 6.61 Å². The molecule has 0 aliphatic carbocycles. The Morgan fingerprint density at radius 1 is 0.944 bits per heavy atom. The molecule has 1 atom stereocenters. The molecule has 2 nitrogen and oxygen atoms in total. The van der Waals surface area contributed by atoms with Crippen LogP contribution in [0, 0.1) is 0 Å². The van der Waals surface area contributed by atoms with Crippen molar-refractivity contribution in [1.82, 2.24) is 0 Å². The first-order valence-electron chi connectivity index (χ1n) is 6.43. The number of fused-ring (bicyclic) bond motifs is 1. The van der Waals surface area contributed by atoms with Crippen molar-refractivity contribution in [3.05, 3.63) is 42.5 Å². The molecule has 0 saturated carbocycles. The first-order chi connectivity index (χ1) is 8.66. The van der Waals surface area contributed by atoms with Crippen LogP contribution < -0.4 is 4.74 Å². The zero-order chi connectivity index (χ0) is 13.0. The highest BCUT2D eigenvalue weighted by atomic mass is 16.5. The van der Waals surface area contributed by atoms with Crippen molar-refractivity contribution < 1.29 is 9.47 Å². The molecule has 0 heterocycles. The summed E-state index contributed by atoms with van der Waals surface area (Å²) in [4.78, 5) is 0. The summed E-state index contributed by atoms with van der Waals surface area (Å²) in [5.41, 5.74) is 0. The molecule has 0 aliphatic rings. The third kappa shape index (κ3) is 3.23. The van der Waals surface area contributed by atoms with E-state index in [4.69, 9.17) is 9.47 Å². The van der Waals surface area contributed by atoms with Gasteiger partial charge in [0.15, 0.2) is 0 Å². The topological polar surface area (TPSA) is 18.5 Å². The SMILES string of the molecule is CC(C)OC(C)COc1cccc2ccccc12. The van der Waals surface area contributed by atoms with Gasteiger partial charge in [-0.2, -0.15) is 0 Å². The summed E-state index contributed by atoms with van der Waals surface area (Å²) < 4.78 is 11.5. The molecular formula is C16H20O2. The zero-order valence-corrected chi connectivity index (χ0v) is 11.2. The largest absolute Gasteiger partial charge is 0.490 e. The predicted molar refractivity (Wildman–Crippen MR) is 75.1 cm³/mol. The number of hydrogen-bond acceptors (Lipinski definition) is 2. The van der Waals surface area contributed by atoms with E-state index in [9.17, 15) is 0 Å². The molecule has 0 bridgehead atoms. The van der Waals surface area contributed by atoms with Crippen LogP contribution in [0.2, 0.25) is 0 Å². The Bertz CT molecular complexity index is 500. The van der Waals surface area contributed by atoms with Crippen molar-refractivity contribution in [3.8, 4) is 5.75 Å². The van der Waals surface area contributed by atoms with Crippen LogP contribution in [-0.4, -0.2) is 18.8 Å². The molecule has 0 spiro atoms. The van der Waals surface area contributed by atoms with E-state index >= 15 is 0 Å². The minimum Gasteiger partial charge on any atom is -0.490 e. The van der Waals surface area contributed by atoms with Crippen LogP contribution >= 0.6 is 0 Å². The Morgan fingerprint density at radius 2 is 1.67 bits per heavy atom. The van der Waals surface area contributed by atoms with Crippen molar-refractivity contribution in [3.63, 3.8) is 0 Å². The Kier molecular flexibility index (Phi) is 4.21. The van der Waals surface area contributed by atoms with Gasteiger partial charge in [0.05, 0.1) is 12.2 Å². The lowest BCUT2D eigenvalue weighted by Crippen LogP contribution is -2.21. The molecule has 0 radical (unpaired) electrons. The maximum Gasteiger partial charge on any atom is 0.127 e. The van der Waals surface area contributed by atoms with Gasteiger partial charge in [0.2, 0.25) is 0 Å². The maximum atomic E-state index is 5.86. The molecule has 0 amide bonds. The van der Waals surface area contributed by atoms with Gasteiger partial charge in [-0.15, -0.1) is 0 Å². The van der Waals surface area contributed by atoms with E-state index in [1.54, 1.807) is 0 Å². The lowest BCUT2D eigenvalue weighted by molar-refractivity contribution is -0.00598. The summed E-state index contributed by atoms with van der Waals surface area (Å²) in [6, 6.07) is 14.4. The van der Waals surface area contributed by atoms with Crippen LogP contribution in [0.15, 0.2) is 42.5 Å². The number of benzene rings is 2. The van der Waals surface area contributed by atoms with E-state index in [1.165, 1.54) is 5.39 Å². The van der Waals surface area contributed by atoms with Crippen LogP contribution in [0.3, 0.4) is 0 Å². The molecule has 2 aromatic carbocycles. The highest BCUT2D eigenvalue weighted by Crippen LogP contribution is 2.25. The van der Waals surface area contributed by atoms with Crippen LogP contribution in [0.1, 0.15) is 20.8 Å². The lowest BCUT2D eigenvalue weighted by atomic mass is 10.1. The summed E-state index contributed by atoms with van der Waals surface area (Å²) in [6.07, 6.45) is 0.333. The van der Waals surface area contributed by atoms with Crippen LogP contribution in [0.4, 0.5) is 0 Å². The average molecular weight is 244 g/mol. The third-order valence-electron chi connectivity index (χ3n) is 2.73. The van der Waals surface area contributed by atoms with Crippen LogP contribution in [0.25, 0.3) is 10.8 Å². The van der Waals surface area contributed by atoms with Gasteiger partial charge < -0.3 is 9.47 Å². The summed E-state index contributed by atoms with van der Waals surface area (Å²) in [7, 11) is 0. The molecule has 2 rings (SSSR count). The monoisotopic (exact) mass is 244 g/mol. The highest BCUT2D eigenvalue weighted by molar-refractivity contribution is 5.88. The van der Waals surface area contributed by atoms with E-state index in [1.807, 2.05) is 45.0 Å². The Labute approximate surface area is 109 Å². The van der Waals surface area contributed by atoms with Gasteiger partial charge in [0.25, 0.3) is 0 Å². The fourth-order valence-electron chi connectivity index (χ4n) is 2.03. The second-order valence-corrected chi connectivity index (χ2v) is 4.78. The van der Waals surface area contributed by atoms with Crippen molar-refractivity contribution in [2.45, 2.75) is 33.0 Å². The predicted octanol–water partition coefficient (Wildman–Crippen LogP) is 4.03. The van der Waals surface area contributed by atoms with Gasteiger partial charge in [-0.05, 0) is 32.2 Å². The standard InChI is InChI=1S/C16H20O2/c1-12(2)18-13(3)11-17-16-10-6-8-14-7-4-5-9-15(14)16/h4-10,12-13H,11H2,1-3H3. The summed E-state index contributed by atoms with van der Waals surface area (Å²) in [5, 5.41) is 2.35. The van der Waals surface area contributed by atoms with Gasteiger partial charge in [-0.3, -0.25) is 0 Å². The second-order valence-electron chi connectivity index (χ2n) is 4.78.